The van der Waals surface area contributed by atoms with E-state index in [2.05, 4.69) is 35.5 Å². The summed E-state index contributed by atoms with van der Waals surface area (Å²) in [5.41, 5.74) is 0. The van der Waals surface area contributed by atoms with Crippen molar-refractivity contribution < 1.29 is 57.0 Å². The van der Waals surface area contributed by atoms with Gasteiger partial charge in [-0.1, -0.05) is 206 Å². The monoisotopic (exact) mass is 922 g/mol. The average Bonchev–Trinajstić information content (AvgIpc) is 3.25. The number of aliphatic hydroxyl groups excluding tert-OH is 5. The highest BCUT2D eigenvalue weighted by atomic mass is 32.3. The van der Waals surface area contributed by atoms with Crippen LogP contribution in [0.5, 0.6) is 0 Å². The maximum Gasteiger partial charge on any atom is 0.397 e. The molecule has 374 valence electrons. The molecule has 7 N–H and O–H groups in total. The Morgan fingerprint density at radius 1 is 0.619 bits per heavy atom. The van der Waals surface area contributed by atoms with Crippen LogP contribution in [0.25, 0.3) is 0 Å². The van der Waals surface area contributed by atoms with Crippen molar-refractivity contribution in [1.29, 1.82) is 0 Å². The van der Waals surface area contributed by atoms with Crippen LogP contribution in [0.1, 0.15) is 232 Å². The molecule has 1 rings (SSSR count). The minimum atomic E-state index is -5.11. The summed E-state index contributed by atoms with van der Waals surface area (Å²) in [6, 6.07) is -1.03. The molecule has 0 radical (unpaired) electrons. The van der Waals surface area contributed by atoms with Gasteiger partial charge in [0.05, 0.1) is 25.4 Å². The van der Waals surface area contributed by atoms with Gasteiger partial charge in [-0.15, -0.1) is 0 Å². The minimum Gasteiger partial charge on any atom is -0.394 e. The van der Waals surface area contributed by atoms with Gasteiger partial charge in [0, 0.05) is 0 Å². The van der Waals surface area contributed by atoms with Gasteiger partial charge in [-0.2, -0.15) is 8.42 Å². The predicted octanol–water partition coefficient (Wildman–Crippen LogP) is 9.70. The summed E-state index contributed by atoms with van der Waals surface area (Å²) in [6.07, 6.45) is 32.4. The summed E-state index contributed by atoms with van der Waals surface area (Å²) >= 11 is 0. The van der Waals surface area contributed by atoms with Crippen molar-refractivity contribution >= 4 is 16.3 Å². The molecule has 0 aliphatic carbocycles. The molecule has 1 aliphatic rings. The van der Waals surface area contributed by atoms with Crippen LogP contribution in [-0.4, -0.2) is 107 Å². The molecular weight excluding hydrogens is 827 g/mol. The number of hydrogen-bond acceptors (Lipinski definition) is 11. The fourth-order valence-electron chi connectivity index (χ4n) is 8.34. The second kappa shape index (κ2) is 39.9. The highest BCUT2D eigenvalue weighted by Crippen LogP contribution is 2.26. The summed E-state index contributed by atoms with van der Waals surface area (Å²) in [7, 11) is -5.11. The normalized spacial score (nSPS) is 20.9. The predicted molar refractivity (Wildman–Crippen MR) is 252 cm³/mol. The van der Waals surface area contributed by atoms with E-state index < -0.39 is 78.5 Å². The Morgan fingerprint density at radius 2 is 1.02 bits per heavy atom. The summed E-state index contributed by atoms with van der Waals surface area (Å²) < 4.78 is 47.7. The molecule has 13 nitrogen and oxygen atoms in total. The van der Waals surface area contributed by atoms with Crippen molar-refractivity contribution in [3.05, 3.63) is 12.2 Å². The third-order valence-electron chi connectivity index (χ3n) is 12.4. The topological polar surface area (TPSA) is 212 Å². The van der Waals surface area contributed by atoms with Gasteiger partial charge in [0.1, 0.15) is 30.5 Å². The molecule has 0 aromatic carbocycles. The Bertz CT molecular complexity index is 1190. The van der Waals surface area contributed by atoms with Gasteiger partial charge < -0.3 is 40.3 Å². The number of amides is 1. The fraction of sp³-hybridized carbons (Fsp3) is 0.939. The van der Waals surface area contributed by atoms with Gasteiger partial charge in [-0.25, -0.2) is 4.18 Å². The summed E-state index contributed by atoms with van der Waals surface area (Å²) in [5.74, 6) is -0.672. The standard InChI is InChI=1S/C49H95NO12S/c1-3-5-7-9-11-13-15-17-19-21-22-24-26-28-30-32-34-36-38-43(53)48(56)50-41(40-60-49-46(55)47(62-63(57,58)59)45(54)44(39-51)61-49)42(52)37-35-33-31-29-27-25-23-20-18-16-14-12-10-8-6-4-2/h21-22,41-47,49,51-55H,3-20,23-40H2,1-2H3,(H,50,56)(H,57,58,59)/b22-21-. The first-order valence-corrected chi connectivity index (χ1v) is 27.0. The highest BCUT2D eigenvalue weighted by molar-refractivity contribution is 7.80. The van der Waals surface area contributed by atoms with Gasteiger partial charge >= 0.3 is 10.4 Å². The molecule has 0 aromatic rings. The van der Waals surface area contributed by atoms with Crippen LogP contribution in [-0.2, 0) is 28.9 Å². The number of allylic oxidation sites excluding steroid dienone is 2. The molecule has 1 saturated heterocycles. The number of nitrogens with one attached hydrogen (secondary N) is 1. The number of aliphatic hydroxyl groups is 5. The minimum absolute atomic E-state index is 0.255. The lowest BCUT2D eigenvalue weighted by Crippen LogP contribution is -2.61. The maximum atomic E-state index is 13.2. The van der Waals surface area contributed by atoms with Gasteiger partial charge in [0.25, 0.3) is 0 Å². The molecule has 1 amide bonds. The van der Waals surface area contributed by atoms with E-state index in [0.717, 1.165) is 57.8 Å². The molecule has 1 fully saturated rings. The van der Waals surface area contributed by atoms with E-state index in [1.165, 1.54) is 135 Å². The maximum absolute atomic E-state index is 13.2. The largest absolute Gasteiger partial charge is 0.397 e. The Hall–Kier alpha value is -1.20. The van der Waals surface area contributed by atoms with Crippen molar-refractivity contribution in [1.82, 2.24) is 5.32 Å². The van der Waals surface area contributed by atoms with Crippen LogP contribution in [0.2, 0.25) is 0 Å². The molecular formula is C49H95NO12S. The number of hydrogen-bond donors (Lipinski definition) is 7. The lowest BCUT2D eigenvalue weighted by molar-refractivity contribution is -0.298. The molecule has 0 bridgehead atoms. The fourth-order valence-corrected chi connectivity index (χ4v) is 8.85. The second-order valence-corrected chi connectivity index (χ2v) is 19.3. The molecule has 1 heterocycles. The third kappa shape index (κ3) is 32.2. The number of carbonyl (C=O) groups is 1. The van der Waals surface area contributed by atoms with Crippen molar-refractivity contribution in [3.63, 3.8) is 0 Å². The van der Waals surface area contributed by atoms with Crippen LogP contribution in [0.15, 0.2) is 12.2 Å². The van der Waals surface area contributed by atoms with Crippen molar-refractivity contribution in [2.24, 2.45) is 0 Å². The summed E-state index contributed by atoms with van der Waals surface area (Å²) in [6.45, 7) is 3.30. The number of ether oxygens (including phenoxy) is 2. The molecule has 63 heavy (non-hydrogen) atoms. The van der Waals surface area contributed by atoms with Gasteiger partial charge in [0.15, 0.2) is 6.29 Å². The van der Waals surface area contributed by atoms with E-state index >= 15 is 0 Å². The van der Waals surface area contributed by atoms with Crippen LogP contribution in [0.4, 0.5) is 0 Å². The SMILES string of the molecule is CCCCCCCCCC/C=C\CCCCCCCCC(O)C(=O)NC(COC1OC(CO)C(O)C(OS(=O)(=O)O)C1O)C(O)CCCCCCCCCCCCCCCCCC. The highest BCUT2D eigenvalue weighted by Gasteiger charge is 2.48. The second-order valence-electron chi connectivity index (χ2n) is 18.3. The molecule has 0 saturated carbocycles. The van der Waals surface area contributed by atoms with E-state index in [-0.39, 0.29) is 6.42 Å². The summed E-state index contributed by atoms with van der Waals surface area (Å²) in [5, 5.41) is 55.5. The van der Waals surface area contributed by atoms with Crippen molar-refractivity contribution in [2.45, 2.75) is 281 Å². The van der Waals surface area contributed by atoms with Gasteiger partial charge in [0.2, 0.25) is 5.91 Å². The number of carbonyl (C=O) groups excluding carboxylic acids is 1. The zero-order valence-electron chi connectivity index (χ0n) is 39.8. The summed E-state index contributed by atoms with van der Waals surface area (Å²) in [4.78, 5) is 13.2. The van der Waals surface area contributed by atoms with Crippen LogP contribution in [0, 0.1) is 0 Å². The Labute approximate surface area is 383 Å². The molecule has 14 heteroatoms. The molecule has 1 aliphatic heterocycles. The Kier molecular flexibility index (Phi) is 37.9. The van der Waals surface area contributed by atoms with E-state index in [1.807, 2.05) is 0 Å². The lowest BCUT2D eigenvalue weighted by Gasteiger charge is -2.41. The first kappa shape index (κ1) is 59.8. The van der Waals surface area contributed by atoms with Crippen LogP contribution in [0.3, 0.4) is 0 Å². The Balaban J connectivity index is 2.50. The van der Waals surface area contributed by atoms with E-state index in [9.17, 15) is 43.3 Å². The lowest BCUT2D eigenvalue weighted by atomic mass is 9.99. The first-order chi connectivity index (χ1) is 30.4. The average molecular weight is 922 g/mol. The first-order valence-electron chi connectivity index (χ1n) is 25.7. The van der Waals surface area contributed by atoms with Crippen molar-refractivity contribution in [2.75, 3.05) is 13.2 Å². The Morgan fingerprint density at radius 3 is 1.43 bits per heavy atom. The molecule has 0 spiro atoms. The number of rotatable bonds is 44. The van der Waals surface area contributed by atoms with Gasteiger partial charge in [-0.05, 0) is 38.5 Å². The molecule has 0 aromatic heterocycles. The molecule has 8 atom stereocenters. The zero-order valence-corrected chi connectivity index (χ0v) is 40.6. The van der Waals surface area contributed by atoms with Crippen molar-refractivity contribution in [3.8, 4) is 0 Å². The quantitative estimate of drug-likeness (QED) is 0.0173. The van der Waals surface area contributed by atoms with E-state index in [0.29, 0.717) is 19.3 Å². The third-order valence-corrected chi connectivity index (χ3v) is 12.9. The van der Waals surface area contributed by atoms with Crippen LogP contribution < -0.4 is 5.32 Å². The van der Waals surface area contributed by atoms with E-state index in [1.54, 1.807) is 0 Å². The number of unbranched alkanes of at least 4 members (excludes halogenated alkanes) is 29. The molecule has 8 unspecified atom stereocenters. The zero-order chi connectivity index (χ0) is 46.4. The van der Waals surface area contributed by atoms with Crippen LogP contribution >= 0.6 is 0 Å². The van der Waals surface area contributed by atoms with Gasteiger partial charge in [-0.3, -0.25) is 9.35 Å². The van der Waals surface area contributed by atoms with E-state index in [4.69, 9.17) is 9.47 Å². The smallest absolute Gasteiger partial charge is 0.394 e.